The average molecular weight is 323 g/mol. The van der Waals surface area contributed by atoms with E-state index >= 15 is 0 Å². The van der Waals surface area contributed by atoms with Gasteiger partial charge >= 0.3 is 0 Å². The fraction of sp³-hybridized carbons (Fsp3) is 1.00. The Bertz CT molecular complexity index is 378. The third kappa shape index (κ3) is 3.89. The number of hydrogen-bond acceptors (Lipinski definition) is 6. The molecule has 0 spiro atoms. The number of nitrogens with one attached hydrogen (secondary N) is 3. The van der Waals surface area contributed by atoms with Crippen molar-refractivity contribution in [1.29, 1.82) is 0 Å². The number of nitrogens with zero attached hydrogens (tertiary/aromatic N) is 3. The van der Waals surface area contributed by atoms with Crippen LogP contribution in [0.5, 0.6) is 0 Å². The van der Waals surface area contributed by atoms with Crippen LogP contribution in [-0.4, -0.2) is 41.0 Å². The first-order valence-electron chi connectivity index (χ1n) is 9.96. The Morgan fingerprint density at radius 2 is 1.65 bits per heavy atom. The van der Waals surface area contributed by atoms with Crippen LogP contribution >= 0.6 is 0 Å². The van der Waals surface area contributed by atoms with Crippen molar-refractivity contribution in [3.8, 4) is 0 Å². The molecule has 4 bridgehead atoms. The summed E-state index contributed by atoms with van der Waals surface area (Å²) in [7, 11) is 0. The summed E-state index contributed by atoms with van der Waals surface area (Å²) >= 11 is 0. The maximum absolute atomic E-state index is 3.50. The lowest BCUT2D eigenvalue weighted by atomic mass is 9.77. The Morgan fingerprint density at radius 1 is 0.783 bits per heavy atom. The first-order valence-corrected chi connectivity index (χ1v) is 9.96. The molecule has 0 radical (unpaired) electrons. The van der Waals surface area contributed by atoms with Crippen molar-refractivity contribution in [2.24, 2.45) is 11.8 Å². The minimum Gasteiger partial charge on any atom is -0.239 e. The summed E-state index contributed by atoms with van der Waals surface area (Å²) < 4.78 is 0. The first kappa shape index (κ1) is 16.2. The first-order chi connectivity index (χ1) is 11.4. The molecule has 6 heteroatoms. The zero-order valence-electron chi connectivity index (χ0n) is 14.5. The van der Waals surface area contributed by atoms with Crippen LogP contribution in [0.4, 0.5) is 0 Å². The summed E-state index contributed by atoms with van der Waals surface area (Å²) in [6.07, 6.45) is 15.6. The molecule has 1 saturated carbocycles. The summed E-state index contributed by atoms with van der Waals surface area (Å²) in [4.78, 5) is 0. The molecule has 0 aromatic carbocycles. The molecule has 23 heavy (non-hydrogen) atoms. The Hall–Kier alpha value is -0.240. The molecule has 132 valence electrons. The van der Waals surface area contributed by atoms with Gasteiger partial charge < -0.3 is 0 Å². The highest BCUT2D eigenvalue weighted by Crippen LogP contribution is 2.41. The van der Waals surface area contributed by atoms with Crippen LogP contribution < -0.4 is 16.5 Å². The fourth-order valence-electron chi connectivity index (χ4n) is 5.06. The minimum atomic E-state index is 0.760. The van der Waals surface area contributed by atoms with E-state index in [0.717, 1.165) is 31.1 Å². The molecule has 0 aromatic heterocycles. The van der Waals surface area contributed by atoms with Gasteiger partial charge in [-0.2, -0.15) is 11.1 Å². The highest BCUT2D eigenvalue weighted by atomic mass is 16.1. The smallest absolute Gasteiger partial charge is 0.112 e. The average Bonchev–Trinajstić information content (AvgIpc) is 3.18. The molecule has 0 amide bonds. The second-order valence-corrected chi connectivity index (χ2v) is 7.97. The van der Waals surface area contributed by atoms with E-state index in [9.17, 15) is 0 Å². The van der Waals surface area contributed by atoms with Gasteiger partial charge in [0.1, 0.15) is 6.67 Å². The van der Waals surface area contributed by atoms with E-state index in [1.54, 1.807) is 0 Å². The van der Waals surface area contributed by atoms with Gasteiger partial charge in [0.25, 0.3) is 0 Å². The number of hydrogen-bond donors (Lipinski definition) is 3. The van der Waals surface area contributed by atoms with Crippen LogP contribution in [0.1, 0.15) is 70.6 Å². The molecule has 3 N–H and O–H groups in total. The zero-order valence-corrected chi connectivity index (χ0v) is 14.5. The van der Waals surface area contributed by atoms with Gasteiger partial charge in [0.2, 0.25) is 0 Å². The van der Waals surface area contributed by atoms with Crippen LogP contribution in [0.25, 0.3) is 0 Å². The Labute approximate surface area is 140 Å². The summed E-state index contributed by atoms with van der Waals surface area (Å²) in [6.45, 7) is 3.16. The quantitative estimate of drug-likeness (QED) is 0.635. The van der Waals surface area contributed by atoms with Gasteiger partial charge in [-0.25, -0.2) is 10.4 Å². The highest BCUT2D eigenvalue weighted by molar-refractivity contribution is 4.91. The predicted molar refractivity (Wildman–Crippen MR) is 91.1 cm³/mol. The van der Waals surface area contributed by atoms with E-state index in [0.29, 0.717) is 0 Å². The van der Waals surface area contributed by atoms with Crippen molar-refractivity contribution in [3.05, 3.63) is 0 Å². The van der Waals surface area contributed by atoms with Crippen LogP contribution in [0.3, 0.4) is 0 Å². The second-order valence-electron chi connectivity index (χ2n) is 7.97. The van der Waals surface area contributed by atoms with E-state index in [2.05, 4.69) is 31.7 Å². The monoisotopic (exact) mass is 322 g/mol. The van der Waals surface area contributed by atoms with Crippen molar-refractivity contribution in [1.82, 2.24) is 31.7 Å². The second kappa shape index (κ2) is 7.76. The normalized spacial score (nSPS) is 43.6. The molecule has 5 unspecified atom stereocenters. The van der Waals surface area contributed by atoms with Crippen molar-refractivity contribution >= 4 is 0 Å². The molecule has 4 rings (SSSR count). The number of hydrazine groups is 5. The third-order valence-corrected chi connectivity index (χ3v) is 6.42. The fourth-order valence-corrected chi connectivity index (χ4v) is 5.06. The summed E-state index contributed by atoms with van der Waals surface area (Å²) in [6, 6.07) is 0.760. The lowest BCUT2D eigenvalue weighted by Gasteiger charge is -2.39. The van der Waals surface area contributed by atoms with Crippen LogP contribution in [-0.2, 0) is 0 Å². The number of fused-ring (bicyclic) bond motifs is 4. The van der Waals surface area contributed by atoms with Gasteiger partial charge in [0, 0.05) is 19.1 Å². The molecule has 1 aliphatic carbocycles. The molecule has 3 aliphatic heterocycles. The van der Waals surface area contributed by atoms with E-state index in [1.165, 1.54) is 77.2 Å². The van der Waals surface area contributed by atoms with E-state index in [1.807, 2.05) is 0 Å². The summed E-state index contributed by atoms with van der Waals surface area (Å²) in [5, 5.41) is 7.00. The van der Waals surface area contributed by atoms with E-state index < -0.39 is 0 Å². The topological polar surface area (TPSA) is 45.8 Å². The SMILES string of the molecule is C1CCCCC2CCC3CCN(C3C2)N2CN(NCCC1)NN2. The Kier molecular flexibility index (Phi) is 5.48. The molecule has 3 saturated heterocycles. The molecule has 4 fully saturated rings. The van der Waals surface area contributed by atoms with Crippen LogP contribution in [0, 0.1) is 11.8 Å². The molecule has 3 heterocycles. The zero-order chi connectivity index (χ0) is 15.5. The molecule has 0 aromatic rings. The molecule has 6 nitrogen and oxygen atoms in total. The van der Waals surface area contributed by atoms with Crippen LogP contribution in [0.2, 0.25) is 0 Å². The Morgan fingerprint density at radius 3 is 2.61 bits per heavy atom. The van der Waals surface area contributed by atoms with E-state index in [4.69, 9.17) is 0 Å². The maximum Gasteiger partial charge on any atom is 0.112 e. The van der Waals surface area contributed by atoms with Crippen molar-refractivity contribution in [2.45, 2.75) is 76.7 Å². The Balaban J connectivity index is 1.40. The van der Waals surface area contributed by atoms with Gasteiger partial charge in [0.05, 0.1) is 0 Å². The molecule has 5 atom stereocenters. The van der Waals surface area contributed by atoms with E-state index in [-0.39, 0.29) is 0 Å². The van der Waals surface area contributed by atoms with Crippen molar-refractivity contribution < 1.29 is 0 Å². The molecular weight excluding hydrogens is 288 g/mol. The lowest BCUT2D eigenvalue weighted by Crippen LogP contribution is -2.53. The predicted octanol–water partition coefficient (Wildman–Crippen LogP) is 2.14. The number of rotatable bonds is 0. The third-order valence-electron chi connectivity index (χ3n) is 6.42. The lowest BCUT2D eigenvalue weighted by molar-refractivity contribution is -0.0848. The highest BCUT2D eigenvalue weighted by Gasteiger charge is 2.42. The van der Waals surface area contributed by atoms with Gasteiger partial charge in [-0.05, 0) is 37.5 Å². The van der Waals surface area contributed by atoms with Gasteiger partial charge in [0.15, 0.2) is 0 Å². The maximum atomic E-state index is 3.50. The van der Waals surface area contributed by atoms with Crippen molar-refractivity contribution in [2.75, 3.05) is 19.8 Å². The largest absolute Gasteiger partial charge is 0.239 e. The van der Waals surface area contributed by atoms with Crippen LogP contribution in [0.15, 0.2) is 0 Å². The molecular formula is C17H34N6. The summed E-state index contributed by atoms with van der Waals surface area (Å²) in [5.41, 5.74) is 10.1. The van der Waals surface area contributed by atoms with Crippen molar-refractivity contribution in [3.63, 3.8) is 0 Å². The van der Waals surface area contributed by atoms with Gasteiger partial charge in [-0.1, -0.05) is 44.9 Å². The van der Waals surface area contributed by atoms with Gasteiger partial charge in [-0.3, -0.25) is 0 Å². The standard InChI is InChI=1S/C17H34N6/c1-2-4-6-11-18-22-14-23(20-19-22)21-12-10-16-9-8-15(7-5-3-1)13-17(16)21/h15-20H,1-14H2. The van der Waals surface area contributed by atoms with Gasteiger partial charge in [-0.15, -0.1) is 10.2 Å². The minimum absolute atomic E-state index is 0.760. The summed E-state index contributed by atoms with van der Waals surface area (Å²) in [5.74, 6) is 1.89. The molecule has 4 aliphatic rings.